The molecule has 1 aromatic heterocycles. The maximum absolute atomic E-state index is 11.0. The van der Waals surface area contributed by atoms with Gasteiger partial charge in [-0.1, -0.05) is 11.3 Å². The standard InChI is InChI=1S/C13H15N3O2/c1-16-12-5-4-9(6-11(12)14-15-16)10(7-13(17)18)8-2-3-8/h4-6,8,10H,2-3,7H2,1H3,(H,17,18). The molecule has 1 aliphatic carbocycles. The molecule has 1 heterocycles. The first-order valence-corrected chi connectivity index (χ1v) is 6.16. The summed E-state index contributed by atoms with van der Waals surface area (Å²) in [6.45, 7) is 0. The molecule has 1 saturated carbocycles. The highest BCUT2D eigenvalue weighted by atomic mass is 16.4. The fourth-order valence-corrected chi connectivity index (χ4v) is 2.53. The smallest absolute Gasteiger partial charge is 0.303 e. The number of aryl methyl sites for hydroxylation is 1. The molecule has 1 unspecified atom stereocenters. The molecular weight excluding hydrogens is 230 g/mol. The molecule has 3 rings (SSSR count). The molecule has 0 spiro atoms. The van der Waals surface area contributed by atoms with Gasteiger partial charge in [-0.2, -0.15) is 0 Å². The minimum absolute atomic E-state index is 0.119. The predicted molar refractivity (Wildman–Crippen MR) is 66.2 cm³/mol. The van der Waals surface area contributed by atoms with Crippen molar-refractivity contribution in [2.45, 2.75) is 25.2 Å². The lowest BCUT2D eigenvalue weighted by atomic mass is 9.91. The van der Waals surface area contributed by atoms with Crippen LogP contribution in [0.15, 0.2) is 18.2 Å². The van der Waals surface area contributed by atoms with Crippen LogP contribution in [-0.4, -0.2) is 26.1 Å². The van der Waals surface area contributed by atoms with Crippen LogP contribution in [0.4, 0.5) is 0 Å². The molecule has 5 heteroatoms. The van der Waals surface area contributed by atoms with Crippen molar-refractivity contribution in [3.8, 4) is 0 Å². The second-order valence-electron chi connectivity index (χ2n) is 5.00. The van der Waals surface area contributed by atoms with E-state index in [9.17, 15) is 4.79 Å². The first-order valence-electron chi connectivity index (χ1n) is 6.16. The lowest BCUT2D eigenvalue weighted by Gasteiger charge is -2.14. The van der Waals surface area contributed by atoms with Crippen LogP contribution in [-0.2, 0) is 11.8 Å². The lowest BCUT2D eigenvalue weighted by molar-refractivity contribution is -0.137. The van der Waals surface area contributed by atoms with Gasteiger partial charge in [-0.15, -0.1) is 5.10 Å². The average molecular weight is 245 g/mol. The van der Waals surface area contributed by atoms with Crippen LogP contribution in [0, 0.1) is 5.92 Å². The molecule has 1 N–H and O–H groups in total. The normalized spacial score (nSPS) is 16.9. The monoisotopic (exact) mass is 245 g/mol. The number of hydrogen-bond donors (Lipinski definition) is 1. The van der Waals surface area contributed by atoms with Gasteiger partial charge in [0, 0.05) is 7.05 Å². The Morgan fingerprint density at radius 3 is 3.00 bits per heavy atom. The van der Waals surface area contributed by atoms with E-state index in [0.717, 1.165) is 29.4 Å². The molecule has 1 aliphatic rings. The summed E-state index contributed by atoms with van der Waals surface area (Å²) in [7, 11) is 1.85. The zero-order valence-electron chi connectivity index (χ0n) is 10.2. The number of rotatable bonds is 4. The molecule has 5 nitrogen and oxygen atoms in total. The van der Waals surface area contributed by atoms with Gasteiger partial charge in [0.25, 0.3) is 0 Å². The molecule has 1 atom stereocenters. The van der Waals surface area contributed by atoms with Gasteiger partial charge < -0.3 is 5.11 Å². The number of benzene rings is 1. The number of carbonyl (C=O) groups is 1. The van der Waals surface area contributed by atoms with E-state index in [2.05, 4.69) is 10.3 Å². The number of aromatic nitrogens is 3. The Hall–Kier alpha value is -1.91. The highest BCUT2D eigenvalue weighted by molar-refractivity contribution is 5.75. The predicted octanol–water partition coefficient (Wildman–Crippen LogP) is 1.94. The summed E-state index contributed by atoms with van der Waals surface area (Å²) in [5, 5.41) is 17.1. The van der Waals surface area contributed by atoms with Crippen molar-refractivity contribution in [1.29, 1.82) is 0 Å². The summed E-state index contributed by atoms with van der Waals surface area (Å²) in [4.78, 5) is 11.0. The van der Waals surface area contributed by atoms with Crippen LogP contribution in [0.25, 0.3) is 11.0 Å². The third-order valence-electron chi connectivity index (χ3n) is 3.65. The van der Waals surface area contributed by atoms with Crippen molar-refractivity contribution < 1.29 is 9.90 Å². The van der Waals surface area contributed by atoms with E-state index in [1.165, 1.54) is 0 Å². The van der Waals surface area contributed by atoms with E-state index in [4.69, 9.17) is 5.11 Å². The minimum atomic E-state index is -0.730. The molecule has 0 bridgehead atoms. The number of carboxylic acids is 1. The van der Waals surface area contributed by atoms with Crippen LogP contribution < -0.4 is 0 Å². The van der Waals surface area contributed by atoms with Gasteiger partial charge in [0.15, 0.2) is 0 Å². The third-order valence-corrected chi connectivity index (χ3v) is 3.65. The van der Waals surface area contributed by atoms with Gasteiger partial charge >= 0.3 is 5.97 Å². The van der Waals surface area contributed by atoms with E-state index in [-0.39, 0.29) is 12.3 Å². The van der Waals surface area contributed by atoms with Crippen molar-refractivity contribution >= 4 is 17.0 Å². The van der Waals surface area contributed by atoms with E-state index >= 15 is 0 Å². The molecule has 2 aromatic rings. The fourth-order valence-electron chi connectivity index (χ4n) is 2.53. The SMILES string of the molecule is Cn1nnc2cc(C(CC(=O)O)C3CC3)ccc21. The molecular formula is C13H15N3O2. The highest BCUT2D eigenvalue weighted by Crippen LogP contribution is 2.44. The third kappa shape index (κ3) is 1.96. The van der Waals surface area contributed by atoms with Crippen molar-refractivity contribution in [2.24, 2.45) is 13.0 Å². The average Bonchev–Trinajstić information content (AvgIpc) is 3.11. The van der Waals surface area contributed by atoms with Crippen LogP contribution in [0.2, 0.25) is 0 Å². The van der Waals surface area contributed by atoms with Gasteiger partial charge in [-0.05, 0) is 42.4 Å². The Balaban J connectivity index is 1.98. The van der Waals surface area contributed by atoms with E-state index in [1.807, 2.05) is 25.2 Å². The van der Waals surface area contributed by atoms with Gasteiger partial charge in [0.05, 0.1) is 11.9 Å². The number of aliphatic carboxylic acids is 1. The molecule has 18 heavy (non-hydrogen) atoms. The zero-order chi connectivity index (χ0) is 12.7. The second-order valence-corrected chi connectivity index (χ2v) is 5.00. The van der Waals surface area contributed by atoms with E-state index < -0.39 is 5.97 Å². The summed E-state index contributed by atoms with van der Waals surface area (Å²) in [5.41, 5.74) is 2.89. The summed E-state index contributed by atoms with van der Waals surface area (Å²) in [6.07, 6.45) is 2.48. The summed E-state index contributed by atoms with van der Waals surface area (Å²) >= 11 is 0. The topological polar surface area (TPSA) is 68.0 Å². The number of fused-ring (bicyclic) bond motifs is 1. The molecule has 94 valence electrons. The Bertz CT molecular complexity index is 601. The Morgan fingerprint density at radius 2 is 2.33 bits per heavy atom. The van der Waals surface area contributed by atoms with Crippen molar-refractivity contribution in [1.82, 2.24) is 15.0 Å². The number of nitrogens with zero attached hydrogens (tertiary/aromatic N) is 3. The Labute approximate surface area is 104 Å². The van der Waals surface area contributed by atoms with Crippen LogP contribution in [0.3, 0.4) is 0 Å². The van der Waals surface area contributed by atoms with Crippen LogP contribution in [0.1, 0.15) is 30.7 Å². The Kier molecular flexibility index (Phi) is 2.54. The molecule has 0 radical (unpaired) electrons. The first-order chi connectivity index (χ1) is 8.65. The quantitative estimate of drug-likeness (QED) is 0.893. The molecule has 0 amide bonds. The summed E-state index contributed by atoms with van der Waals surface area (Å²) < 4.78 is 1.72. The van der Waals surface area contributed by atoms with Gasteiger partial charge in [-0.3, -0.25) is 4.79 Å². The fraction of sp³-hybridized carbons (Fsp3) is 0.462. The van der Waals surface area contributed by atoms with Crippen LogP contribution >= 0.6 is 0 Å². The van der Waals surface area contributed by atoms with Crippen molar-refractivity contribution in [3.63, 3.8) is 0 Å². The van der Waals surface area contributed by atoms with Crippen molar-refractivity contribution in [3.05, 3.63) is 23.8 Å². The minimum Gasteiger partial charge on any atom is -0.481 e. The van der Waals surface area contributed by atoms with E-state index in [0.29, 0.717) is 5.92 Å². The maximum Gasteiger partial charge on any atom is 0.303 e. The highest BCUT2D eigenvalue weighted by Gasteiger charge is 2.33. The molecule has 1 aromatic carbocycles. The zero-order valence-corrected chi connectivity index (χ0v) is 10.2. The summed E-state index contributed by atoms with van der Waals surface area (Å²) in [5.74, 6) is -0.0877. The van der Waals surface area contributed by atoms with Gasteiger partial charge in [0.1, 0.15) is 5.52 Å². The molecule has 1 fully saturated rings. The van der Waals surface area contributed by atoms with Crippen molar-refractivity contribution in [2.75, 3.05) is 0 Å². The molecule has 0 saturated heterocycles. The van der Waals surface area contributed by atoms with Gasteiger partial charge in [0.2, 0.25) is 0 Å². The van der Waals surface area contributed by atoms with Crippen LogP contribution in [0.5, 0.6) is 0 Å². The first kappa shape index (κ1) is 11.2. The van der Waals surface area contributed by atoms with Gasteiger partial charge in [-0.25, -0.2) is 4.68 Å². The number of hydrogen-bond acceptors (Lipinski definition) is 3. The Morgan fingerprint density at radius 1 is 1.56 bits per heavy atom. The summed E-state index contributed by atoms with van der Waals surface area (Å²) in [6, 6.07) is 5.97. The largest absolute Gasteiger partial charge is 0.481 e. The lowest BCUT2D eigenvalue weighted by Crippen LogP contribution is -2.08. The molecule has 0 aliphatic heterocycles. The number of carboxylic acid groups (broad SMARTS) is 1. The van der Waals surface area contributed by atoms with E-state index in [1.54, 1.807) is 4.68 Å². The maximum atomic E-state index is 11.0. The second kappa shape index (κ2) is 4.08.